The van der Waals surface area contributed by atoms with Gasteiger partial charge < -0.3 is 0 Å². The van der Waals surface area contributed by atoms with E-state index in [2.05, 4.69) is 28.8 Å². The molecule has 21 heavy (non-hydrogen) atoms. The van der Waals surface area contributed by atoms with E-state index in [1.54, 1.807) is 6.20 Å². The molecule has 2 aromatic heterocycles. The van der Waals surface area contributed by atoms with Crippen molar-refractivity contribution in [2.45, 2.75) is 20.3 Å². The average molecular weight is 298 g/mol. The lowest BCUT2D eigenvalue weighted by Crippen LogP contribution is -2.00. The molecule has 0 atom stereocenters. The van der Waals surface area contributed by atoms with E-state index in [4.69, 9.17) is 11.6 Å². The molecular formula is C17H16ClN3. The van der Waals surface area contributed by atoms with E-state index in [0.717, 1.165) is 28.6 Å². The molecule has 0 saturated heterocycles. The monoisotopic (exact) mass is 297 g/mol. The smallest absolute Gasteiger partial charge is 0.161 e. The number of halogens is 1. The van der Waals surface area contributed by atoms with Gasteiger partial charge in [-0.2, -0.15) is 0 Å². The molecule has 2 heterocycles. The van der Waals surface area contributed by atoms with Gasteiger partial charge in [-0.15, -0.1) is 0 Å². The number of rotatable bonds is 3. The summed E-state index contributed by atoms with van der Waals surface area (Å²) in [5.74, 6) is 1.20. The van der Waals surface area contributed by atoms with E-state index < -0.39 is 0 Å². The van der Waals surface area contributed by atoms with Gasteiger partial charge in [0, 0.05) is 22.8 Å². The number of benzene rings is 1. The van der Waals surface area contributed by atoms with Crippen LogP contribution in [-0.4, -0.2) is 15.0 Å². The van der Waals surface area contributed by atoms with Crippen LogP contribution >= 0.6 is 11.6 Å². The largest absolute Gasteiger partial charge is 0.256 e. The van der Waals surface area contributed by atoms with Crippen molar-refractivity contribution in [1.82, 2.24) is 15.0 Å². The van der Waals surface area contributed by atoms with E-state index in [1.165, 1.54) is 0 Å². The van der Waals surface area contributed by atoms with Gasteiger partial charge in [0.15, 0.2) is 5.82 Å². The standard InChI is InChI=1S/C17H16ClN3/c1-11(2)8-14-10-16(18)21-17(20-14)13-5-6-15-12(9-13)4-3-7-19-15/h3-7,9-11H,8H2,1-2H3. The van der Waals surface area contributed by atoms with Crippen molar-refractivity contribution in [2.24, 2.45) is 5.92 Å². The average Bonchev–Trinajstić information content (AvgIpc) is 2.45. The summed E-state index contributed by atoms with van der Waals surface area (Å²) in [5, 5.41) is 1.56. The summed E-state index contributed by atoms with van der Waals surface area (Å²) in [6, 6.07) is 11.8. The molecule has 106 valence electrons. The molecule has 0 N–H and O–H groups in total. The number of fused-ring (bicyclic) bond motifs is 1. The first kappa shape index (κ1) is 14.0. The highest BCUT2D eigenvalue weighted by Crippen LogP contribution is 2.23. The summed E-state index contributed by atoms with van der Waals surface area (Å²) >= 11 is 6.14. The van der Waals surface area contributed by atoms with Crippen LogP contribution in [0.5, 0.6) is 0 Å². The summed E-state index contributed by atoms with van der Waals surface area (Å²) in [7, 11) is 0. The first-order valence-corrected chi connectivity index (χ1v) is 7.38. The Hall–Kier alpha value is -2.00. The third-order valence-electron chi connectivity index (χ3n) is 3.23. The summed E-state index contributed by atoms with van der Waals surface area (Å²) in [6.07, 6.45) is 2.68. The highest BCUT2D eigenvalue weighted by atomic mass is 35.5. The minimum absolute atomic E-state index is 0.488. The molecular weight excluding hydrogens is 282 g/mol. The molecule has 4 heteroatoms. The van der Waals surface area contributed by atoms with Crippen molar-refractivity contribution in [2.75, 3.05) is 0 Å². The molecule has 0 aliphatic carbocycles. The van der Waals surface area contributed by atoms with Gasteiger partial charge in [-0.05, 0) is 42.7 Å². The molecule has 0 radical (unpaired) electrons. The minimum atomic E-state index is 0.488. The van der Waals surface area contributed by atoms with Gasteiger partial charge in [-0.1, -0.05) is 31.5 Å². The zero-order valence-corrected chi connectivity index (χ0v) is 12.8. The van der Waals surface area contributed by atoms with Crippen molar-refractivity contribution in [3.8, 4) is 11.4 Å². The molecule has 1 aromatic carbocycles. The van der Waals surface area contributed by atoms with Crippen molar-refractivity contribution in [3.63, 3.8) is 0 Å². The number of aromatic nitrogens is 3. The Bertz CT molecular complexity index is 784. The normalized spacial score (nSPS) is 11.2. The minimum Gasteiger partial charge on any atom is -0.256 e. The van der Waals surface area contributed by atoms with E-state index >= 15 is 0 Å². The van der Waals surface area contributed by atoms with Gasteiger partial charge >= 0.3 is 0 Å². The number of hydrogen-bond donors (Lipinski definition) is 0. The fourth-order valence-electron chi connectivity index (χ4n) is 2.33. The van der Waals surface area contributed by atoms with Crippen LogP contribution < -0.4 is 0 Å². The van der Waals surface area contributed by atoms with E-state index in [1.807, 2.05) is 36.4 Å². The highest BCUT2D eigenvalue weighted by Gasteiger charge is 2.08. The van der Waals surface area contributed by atoms with Gasteiger partial charge in [0.05, 0.1) is 5.52 Å². The Kier molecular flexibility index (Phi) is 3.84. The Morgan fingerprint density at radius 3 is 2.76 bits per heavy atom. The number of nitrogens with zero attached hydrogens (tertiary/aromatic N) is 3. The lowest BCUT2D eigenvalue weighted by Gasteiger charge is -2.08. The zero-order valence-electron chi connectivity index (χ0n) is 12.0. The maximum absolute atomic E-state index is 6.14. The van der Waals surface area contributed by atoms with Crippen molar-refractivity contribution in [1.29, 1.82) is 0 Å². The summed E-state index contributed by atoms with van der Waals surface area (Å²) in [4.78, 5) is 13.3. The van der Waals surface area contributed by atoms with Crippen LogP contribution in [0, 0.1) is 5.92 Å². The van der Waals surface area contributed by atoms with Gasteiger partial charge in [0.1, 0.15) is 5.15 Å². The Labute approximate surface area is 129 Å². The number of hydrogen-bond acceptors (Lipinski definition) is 3. The Balaban J connectivity index is 2.06. The second-order valence-corrected chi connectivity index (χ2v) is 5.90. The molecule has 0 saturated carbocycles. The quantitative estimate of drug-likeness (QED) is 0.666. The number of pyridine rings is 1. The predicted octanol–water partition coefficient (Wildman–Crippen LogP) is 4.54. The van der Waals surface area contributed by atoms with Crippen molar-refractivity contribution >= 4 is 22.5 Å². The zero-order chi connectivity index (χ0) is 14.8. The van der Waals surface area contributed by atoms with Crippen LogP contribution in [0.3, 0.4) is 0 Å². The molecule has 3 rings (SSSR count). The van der Waals surface area contributed by atoms with Crippen LogP contribution in [0.15, 0.2) is 42.6 Å². The van der Waals surface area contributed by atoms with Crippen LogP contribution in [0.4, 0.5) is 0 Å². The van der Waals surface area contributed by atoms with E-state index in [-0.39, 0.29) is 0 Å². The first-order chi connectivity index (χ1) is 10.1. The maximum Gasteiger partial charge on any atom is 0.161 e. The third-order valence-corrected chi connectivity index (χ3v) is 3.42. The molecule has 0 unspecified atom stereocenters. The summed E-state index contributed by atoms with van der Waals surface area (Å²) in [5.41, 5.74) is 2.90. The van der Waals surface area contributed by atoms with Crippen LogP contribution in [-0.2, 0) is 6.42 Å². The maximum atomic E-state index is 6.14. The summed E-state index contributed by atoms with van der Waals surface area (Å²) < 4.78 is 0. The molecule has 0 aliphatic heterocycles. The second kappa shape index (κ2) is 5.78. The fourth-order valence-corrected chi connectivity index (χ4v) is 2.54. The molecule has 0 fully saturated rings. The molecule has 0 bridgehead atoms. The van der Waals surface area contributed by atoms with Gasteiger partial charge in [-0.3, -0.25) is 4.98 Å². The SMILES string of the molecule is CC(C)Cc1cc(Cl)nc(-c2ccc3ncccc3c2)n1. The molecule has 3 aromatic rings. The van der Waals surface area contributed by atoms with Gasteiger partial charge in [-0.25, -0.2) is 9.97 Å². The summed E-state index contributed by atoms with van der Waals surface area (Å²) in [6.45, 7) is 4.33. The topological polar surface area (TPSA) is 38.7 Å². The third kappa shape index (κ3) is 3.19. The van der Waals surface area contributed by atoms with E-state index in [9.17, 15) is 0 Å². The van der Waals surface area contributed by atoms with Crippen LogP contribution in [0.1, 0.15) is 19.5 Å². The molecule has 0 spiro atoms. The fraction of sp³-hybridized carbons (Fsp3) is 0.235. The lowest BCUT2D eigenvalue weighted by atomic mass is 10.1. The first-order valence-electron chi connectivity index (χ1n) is 7.00. The second-order valence-electron chi connectivity index (χ2n) is 5.51. The highest BCUT2D eigenvalue weighted by molar-refractivity contribution is 6.29. The van der Waals surface area contributed by atoms with Crippen LogP contribution in [0.2, 0.25) is 5.15 Å². The van der Waals surface area contributed by atoms with E-state index in [0.29, 0.717) is 16.9 Å². The molecule has 3 nitrogen and oxygen atoms in total. The predicted molar refractivity (Wildman–Crippen MR) is 86.3 cm³/mol. The molecule has 0 aliphatic rings. The van der Waals surface area contributed by atoms with Gasteiger partial charge in [0.25, 0.3) is 0 Å². The molecule has 0 amide bonds. The van der Waals surface area contributed by atoms with Crippen molar-refractivity contribution in [3.05, 3.63) is 53.4 Å². The van der Waals surface area contributed by atoms with Gasteiger partial charge in [0.2, 0.25) is 0 Å². The lowest BCUT2D eigenvalue weighted by molar-refractivity contribution is 0.634. The van der Waals surface area contributed by atoms with Crippen LogP contribution in [0.25, 0.3) is 22.3 Å². The van der Waals surface area contributed by atoms with Crippen molar-refractivity contribution < 1.29 is 0 Å². The Morgan fingerprint density at radius 1 is 1.10 bits per heavy atom. The Morgan fingerprint density at radius 2 is 1.95 bits per heavy atom.